The van der Waals surface area contributed by atoms with E-state index in [0.717, 1.165) is 5.95 Å². The Morgan fingerprint density at radius 2 is 2.20 bits per heavy atom. The molecule has 0 unspecified atom stereocenters. The predicted molar refractivity (Wildman–Crippen MR) is 45.9 cm³/mol. The minimum atomic E-state index is 0.498. The van der Waals surface area contributed by atoms with E-state index in [0.29, 0.717) is 22.5 Å². The summed E-state index contributed by atoms with van der Waals surface area (Å²) in [7, 11) is 3.90. The van der Waals surface area contributed by atoms with E-state index in [9.17, 15) is 0 Å². The first-order valence-corrected chi connectivity index (χ1v) is 6.02. The molecule has 0 aromatic carbocycles. The SMILES string of the molecule is CN(C)c1ncc[c]([SnH3])n1. The van der Waals surface area contributed by atoms with Crippen molar-refractivity contribution in [3.63, 3.8) is 0 Å². The van der Waals surface area contributed by atoms with Crippen LogP contribution < -0.4 is 8.61 Å². The Kier molecular flexibility index (Phi) is 2.48. The van der Waals surface area contributed by atoms with Crippen LogP contribution in [0.5, 0.6) is 0 Å². The van der Waals surface area contributed by atoms with Gasteiger partial charge in [0, 0.05) is 0 Å². The van der Waals surface area contributed by atoms with Crippen LogP contribution >= 0.6 is 0 Å². The van der Waals surface area contributed by atoms with Gasteiger partial charge in [0.25, 0.3) is 0 Å². The van der Waals surface area contributed by atoms with Gasteiger partial charge in [0.1, 0.15) is 0 Å². The molecule has 10 heavy (non-hydrogen) atoms. The maximum atomic E-state index is 4.28. The van der Waals surface area contributed by atoms with Gasteiger partial charge in [0.2, 0.25) is 0 Å². The molecule has 0 aliphatic carbocycles. The molecular formula is C6H11N3Sn. The summed E-state index contributed by atoms with van der Waals surface area (Å²) in [4.78, 5) is 10.3. The number of anilines is 1. The van der Waals surface area contributed by atoms with Gasteiger partial charge in [0.05, 0.1) is 0 Å². The van der Waals surface area contributed by atoms with Crippen LogP contribution in [0.3, 0.4) is 0 Å². The number of nitrogens with zero attached hydrogens (tertiary/aromatic N) is 3. The van der Waals surface area contributed by atoms with Crippen molar-refractivity contribution >= 4 is 32.2 Å². The van der Waals surface area contributed by atoms with E-state index in [-0.39, 0.29) is 0 Å². The van der Waals surface area contributed by atoms with Gasteiger partial charge in [-0.2, -0.15) is 0 Å². The second-order valence-corrected chi connectivity index (χ2v) is 5.32. The maximum absolute atomic E-state index is 4.28. The summed E-state index contributed by atoms with van der Waals surface area (Å²) in [6.45, 7) is 0. The third-order valence-corrected chi connectivity index (χ3v) is 2.77. The normalized spacial score (nSPS) is 9.80. The molecule has 1 rings (SSSR count). The van der Waals surface area contributed by atoms with E-state index >= 15 is 0 Å². The van der Waals surface area contributed by atoms with E-state index in [1.165, 1.54) is 3.71 Å². The van der Waals surface area contributed by atoms with Crippen LogP contribution in [-0.4, -0.2) is 46.6 Å². The average Bonchev–Trinajstić information content (AvgIpc) is 1.88. The zero-order chi connectivity index (χ0) is 7.56. The van der Waals surface area contributed by atoms with E-state index in [1.54, 1.807) is 0 Å². The van der Waals surface area contributed by atoms with Crippen molar-refractivity contribution in [1.82, 2.24) is 9.97 Å². The predicted octanol–water partition coefficient (Wildman–Crippen LogP) is -1.47. The molecule has 3 nitrogen and oxygen atoms in total. The molecule has 0 radical (unpaired) electrons. The zero-order valence-electron chi connectivity index (χ0n) is 6.50. The standard InChI is InChI=1S/C6H8N3.Sn.3H/c1-9(2)6-7-4-3-5-8-6;;;;/h3-4H,1-2H3;;;;. The Morgan fingerprint density at radius 3 is 2.60 bits per heavy atom. The van der Waals surface area contributed by atoms with Crippen LogP contribution in [0.4, 0.5) is 5.95 Å². The number of hydrogen-bond acceptors (Lipinski definition) is 3. The average molecular weight is 244 g/mol. The summed E-state index contributed by atoms with van der Waals surface area (Å²) in [6.07, 6.45) is 1.81. The number of rotatable bonds is 1. The molecular weight excluding hydrogens is 233 g/mol. The molecule has 0 bridgehead atoms. The number of aromatic nitrogens is 2. The molecule has 0 aliphatic rings. The van der Waals surface area contributed by atoms with Crippen molar-refractivity contribution in [1.29, 1.82) is 0 Å². The van der Waals surface area contributed by atoms with Gasteiger partial charge in [-0.15, -0.1) is 0 Å². The summed E-state index contributed by atoms with van der Waals surface area (Å²) in [5, 5.41) is 0. The molecule has 1 aromatic rings. The topological polar surface area (TPSA) is 29.0 Å². The molecule has 0 aliphatic heterocycles. The molecule has 0 fully saturated rings. The Labute approximate surface area is 73.6 Å². The Bertz CT molecular complexity index is 224. The van der Waals surface area contributed by atoms with Gasteiger partial charge in [0.15, 0.2) is 0 Å². The van der Waals surface area contributed by atoms with Gasteiger partial charge >= 0.3 is 73.4 Å². The van der Waals surface area contributed by atoms with Crippen LogP contribution in [0, 0.1) is 0 Å². The monoisotopic (exact) mass is 245 g/mol. The van der Waals surface area contributed by atoms with Gasteiger partial charge in [-0.1, -0.05) is 0 Å². The first-order chi connectivity index (χ1) is 4.70. The minimum absolute atomic E-state index is 0.498. The van der Waals surface area contributed by atoms with E-state index in [1.807, 2.05) is 31.3 Å². The van der Waals surface area contributed by atoms with Crippen LogP contribution in [-0.2, 0) is 0 Å². The summed E-state index contributed by atoms with van der Waals surface area (Å²) in [5.41, 5.74) is 0. The fourth-order valence-electron chi connectivity index (χ4n) is 0.651. The summed E-state index contributed by atoms with van der Waals surface area (Å²) >= 11 is 0.498. The Morgan fingerprint density at radius 1 is 1.50 bits per heavy atom. The summed E-state index contributed by atoms with van der Waals surface area (Å²) in [5.74, 6) is 0.816. The molecule has 0 saturated carbocycles. The van der Waals surface area contributed by atoms with Gasteiger partial charge in [-0.25, -0.2) is 0 Å². The van der Waals surface area contributed by atoms with E-state index in [2.05, 4.69) is 9.97 Å². The molecule has 1 heterocycles. The molecule has 1 aromatic heterocycles. The molecule has 0 spiro atoms. The van der Waals surface area contributed by atoms with Crippen molar-refractivity contribution in [3.8, 4) is 0 Å². The van der Waals surface area contributed by atoms with Crippen LogP contribution in [0.25, 0.3) is 0 Å². The quantitative estimate of drug-likeness (QED) is 0.565. The zero-order valence-corrected chi connectivity index (χ0v) is 12.2. The van der Waals surface area contributed by atoms with Crippen LogP contribution in [0.15, 0.2) is 12.3 Å². The van der Waals surface area contributed by atoms with Gasteiger partial charge in [-0.3, -0.25) is 0 Å². The van der Waals surface area contributed by atoms with Crippen molar-refractivity contribution in [2.24, 2.45) is 0 Å². The van der Waals surface area contributed by atoms with Gasteiger partial charge in [-0.05, 0) is 0 Å². The van der Waals surface area contributed by atoms with Crippen molar-refractivity contribution < 1.29 is 0 Å². The molecule has 0 amide bonds. The molecule has 4 heteroatoms. The fraction of sp³-hybridized carbons (Fsp3) is 0.333. The third-order valence-electron chi connectivity index (χ3n) is 1.18. The first-order valence-electron chi connectivity index (χ1n) is 3.17. The Balaban J connectivity index is 2.96. The Hall–Kier alpha value is -0.321. The summed E-state index contributed by atoms with van der Waals surface area (Å²) in [6, 6.07) is 1.98. The van der Waals surface area contributed by atoms with Crippen molar-refractivity contribution in [3.05, 3.63) is 12.3 Å². The third kappa shape index (κ3) is 1.83. The molecule has 0 N–H and O–H groups in total. The van der Waals surface area contributed by atoms with Crippen molar-refractivity contribution in [2.75, 3.05) is 19.0 Å². The molecule has 54 valence electrons. The fourth-order valence-corrected chi connectivity index (χ4v) is 1.65. The van der Waals surface area contributed by atoms with Crippen molar-refractivity contribution in [2.45, 2.75) is 0 Å². The van der Waals surface area contributed by atoms with Gasteiger partial charge < -0.3 is 0 Å². The molecule has 0 saturated heterocycles. The van der Waals surface area contributed by atoms with E-state index < -0.39 is 0 Å². The summed E-state index contributed by atoms with van der Waals surface area (Å²) < 4.78 is 1.21. The van der Waals surface area contributed by atoms with Crippen LogP contribution in [0.1, 0.15) is 0 Å². The van der Waals surface area contributed by atoms with E-state index in [4.69, 9.17) is 0 Å². The second kappa shape index (κ2) is 3.18. The molecule has 0 atom stereocenters. The second-order valence-electron chi connectivity index (χ2n) is 2.39. The van der Waals surface area contributed by atoms with Crippen LogP contribution in [0.2, 0.25) is 0 Å². The number of hydrogen-bond donors (Lipinski definition) is 0. The first kappa shape index (κ1) is 7.78.